The Bertz CT molecular complexity index is 929. The summed E-state index contributed by atoms with van der Waals surface area (Å²) in [5.41, 5.74) is 5.77. The average Bonchev–Trinajstić information content (AvgIpc) is 2.70. The van der Waals surface area contributed by atoms with Crippen LogP contribution in [-0.2, 0) is 6.54 Å². The topological polar surface area (TPSA) is 3.24 Å². The molecule has 0 radical (unpaired) electrons. The smallest absolute Gasteiger partial charge is 0.0484 e. The zero-order chi connectivity index (χ0) is 18.6. The normalized spacial score (nSPS) is 15.0. The quantitative estimate of drug-likeness (QED) is 0.447. The second-order valence-corrected chi connectivity index (χ2v) is 7.95. The molecule has 0 N–H and O–H groups in total. The second kappa shape index (κ2) is 8.48. The fourth-order valence-corrected chi connectivity index (χ4v) is 4.44. The van der Waals surface area contributed by atoms with E-state index in [0.717, 1.165) is 46.4 Å². The van der Waals surface area contributed by atoms with Crippen molar-refractivity contribution in [3.8, 4) is 22.3 Å². The highest BCUT2D eigenvalue weighted by Gasteiger charge is 2.19. The van der Waals surface area contributed by atoms with Crippen molar-refractivity contribution in [2.24, 2.45) is 0 Å². The van der Waals surface area contributed by atoms with Crippen LogP contribution in [0.25, 0.3) is 22.3 Å². The van der Waals surface area contributed by atoms with Crippen LogP contribution in [0.3, 0.4) is 0 Å². The molecule has 0 saturated carbocycles. The number of hydrogen-bond acceptors (Lipinski definition) is 1. The molecular weight excluding hydrogens is 373 g/mol. The van der Waals surface area contributed by atoms with E-state index in [9.17, 15) is 0 Å². The van der Waals surface area contributed by atoms with E-state index in [1.54, 1.807) is 0 Å². The van der Waals surface area contributed by atoms with Crippen LogP contribution in [0.5, 0.6) is 0 Å². The first kappa shape index (κ1) is 18.6. The minimum Gasteiger partial charge on any atom is -0.299 e. The molecule has 1 saturated heterocycles. The Kier molecular flexibility index (Phi) is 5.83. The fourth-order valence-electron chi connectivity index (χ4n) is 3.98. The summed E-state index contributed by atoms with van der Waals surface area (Å²) in [6.07, 6.45) is 3.91. The molecule has 0 unspecified atom stereocenters. The highest BCUT2D eigenvalue weighted by molar-refractivity contribution is 6.34. The molecule has 0 bridgehead atoms. The van der Waals surface area contributed by atoms with Crippen molar-refractivity contribution in [2.75, 3.05) is 13.1 Å². The molecule has 1 aliphatic rings. The van der Waals surface area contributed by atoms with Gasteiger partial charge in [0.2, 0.25) is 0 Å². The second-order valence-electron chi connectivity index (χ2n) is 7.14. The van der Waals surface area contributed by atoms with Crippen molar-refractivity contribution in [1.29, 1.82) is 0 Å². The summed E-state index contributed by atoms with van der Waals surface area (Å²) >= 11 is 13.2. The highest BCUT2D eigenvalue weighted by Crippen LogP contribution is 2.41. The van der Waals surface area contributed by atoms with Gasteiger partial charge >= 0.3 is 0 Å². The van der Waals surface area contributed by atoms with Crippen LogP contribution >= 0.6 is 23.2 Å². The third-order valence-electron chi connectivity index (χ3n) is 5.30. The molecule has 0 aromatic heterocycles. The first-order chi connectivity index (χ1) is 13.2. The van der Waals surface area contributed by atoms with Gasteiger partial charge in [-0.05, 0) is 54.8 Å². The molecule has 27 heavy (non-hydrogen) atoms. The largest absolute Gasteiger partial charge is 0.299 e. The van der Waals surface area contributed by atoms with E-state index in [1.165, 1.54) is 30.4 Å². The van der Waals surface area contributed by atoms with E-state index in [4.69, 9.17) is 23.2 Å². The molecule has 3 heteroatoms. The zero-order valence-corrected chi connectivity index (χ0v) is 16.8. The third-order valence-corrected chi connectivity index (χ3v) is 5.96. The lowest BCUT2D eigenvalue weighted by Crippen LogP contribution is -2.29. The van der Waals surface area contributed by atoms with Crippen molar-refractivity contribution in [2.45, 2.75) is 25.8 Å². The van der Waals surface area contributed by atoms with Gasteiger partial charge < -0.3 is 0 Å². The first-order valence-electron chi connectivity index (χ1n) is 9.58. The van der Waals surface area contributed by atoms with Crippen molar-refractivity contribution < 1.29 is 0 Å². The molecule has 1 nitrogen and oxygen atoms in total. The Balaban J connectivity index is 1.88. The number of hydrogen-bond donors (Lipinski definition) is 0. The van der Waals surface area contributed by atoms with Crippen LogP contribution in [0.15, 0.2) is 66.7 Å². The first-order valence-corrected chi connectivity index (χ1v) is 10.3. The lowest BCUT2D eigenvalue weighted by molar-refractivity contribution is 0.221. The fraction of sp³-hybridized carbons (Fsp3) is 0.250. The van der Waals surface area contributed by atoms with E-state index in [-0.39, 0.29) is 0 Å². The summed E-state index contributed by atoms with van der Waals surface area (Å²) < 4.78 is 0. The molecule has 0 amide bonds. The number of halogens is 2. The Hall–Kier alpha value is -1.80. The van der Waals surface area contributed by atoms with Gasteiger partial charge in [-0.15, -0.1) is 0 Å². The summed E-state index contributed by atoms with van der Waals surface area (Å²) in [5.74, 6) is 0. The molecule has 0 aliphatic carbocycles. The van der Waals surface area contributed by atoms with Gasteiger partial charge in [0.25, 0.3) is 0 Å². The number of piperidine rings is 1. The lowest BCUT2D eigenvalue weighted by atomic mass is 9.90. The van der Waals surface area contributed by atoms with Gasteiger partial charge in [0.1, 0.15) is 0 Å². The predicted octanol–water partition coefficient (Wildman–Crippen LogP) is 7.31. The third kappa shape index (κ3) is 4.06. The molecule has 1 fully saturated rings. The number of rotatable bonds is 4. The minimum absolute atomic E-state index is 0.765. The molecule has 0 spiro atoms. The van der Waals surface area contributed by atoms with Gasteiger partial charge in [-0.25, -0.2) is 0 Å². The lowest BCUT2D eigenvalue weighted by Gasteiger charge is -2.28. The maximum atomic E-state index is 6.63. The van der Waals surface area contributed by atoms with Crippen LogP contribution in [0.2, 0.25) is 10.0 Å². The minimum atomic E-state index is 0.765. The van der Waals surface area contributed by atoms with E-state index in [0.29, 0.717) is 0 Å². The predicted molar refractivity (Wildman–Crippen MR) is 116 cm³/mol. The SMILES string of the molecule is Clc1ccccc1-c1cccc(CN2CCCCC2)c1-c1ccccc1Cl. The number of nitrogens with zero attached hydrogens (tertiary/aromatic N) is 1. The zero-order valence-electron chi connectivity index (χ0n) is 15.3. The van der Waals surface area contributed by atoms with Gasteiger partial charge in [-0.1, -0.05) is 84.2 Å². The highest BCUT2D eigenvalue weighted by atomic mass is 35.5. The van der Waals surface area contributed by atoms with Gasteiger partial charge in [-0.2, -0.15) is 0 Å². The van der Waals surface area contributed by atoms with Crippen LogP contribution in [-0.4, -0.2) is 18.0 Å². The summed E-state index contributed by atoms with van der Waals surface area (Å²) in [5, 5.41) is 1.54. The standard InChI is InChI=1S/C24H23Cl2N/c25-22-13-4-2-10-19(22)20-12-8-9-18(17-27-15-6-1-7-16-27)24(20)21-11-3-5-14-23(21)26/h2-5,8-14H,1,6-7,15-17H2. The van der Waals surface area contributed by atoms with Crippen molar-refractivity contribution >= 4 is 23.2 Å². The van der Waals surface area contributed by atoms with Gasteiger partial charge in [-0.3, -0.25) is 4.90 Å². The molecule has 3 aromatic carbocycles. The molecule has 1 aliphatic heterocycles. The molecule has 3 aromatic rings. The van der Waals surface area contributed by atoms with Gasteiger partial charge in [0, 0.05) is 27.7 Å². The summed E-state index contributed by atoms with van der Waals surface area (Å²) in [7, 11) is 0. The van der Waals surface area contributed by atoms with Crippen molar-refractivity contribution in [1.82, 2.24) is 4.90 Å². The van der Waals surface area contributed by atoms with Crippen LogP contribution in [0.4, 0.5) is 0 Å². The van der Waals surface area contributed by atoms with Crippen molar-refractivity contribution in [3.63, 3.8) is 0 Å². The van der Waals surface area contributed by atoms with Crippen LogP contribution in [0.1, 0.15) is 24.8 Å². The van der Waals surface area contributed by atoms with Gasteiger partial charge in [0.05, 0.1) is 0 Å². The number of likely N-dealkylation sites (tertiary alicyclic amines) is 1. The van der Waals surface area contributed by atoms with E-state index in [1.807, 2.05) is 30.3 Å². The summed E-state index contributed by atoms with van der Waals surface area (Å²) in [6.45, 7) is 3.27. The molecule has 138 valence electrons. The Morgan fingerprint density at radius 3 is 1.89 bits per heavy atom. The van der Waals surface area contributed by atoms with Crippen LogP contribution in [0, 0.1) is 0 Å². The van der Waals surface area contributed by atoms with Crippen LogP contribution < -0.4 is 0 Å². The maximum Gasteiger partial charge on any atom is 0.0484 e. The molecule has 1 heterocycles. The van der Waals surface area contributed by atoms with Crippen molar-refractivity contribution in [3.05, 3.63) is 82.3 Å². The Morgan fingerprint density at radius 2 is 1.22 bits per heavy atom. The maximum absolute atomic E-state index is 6.63. The monoisotopic (exact) mass is 395 g/mol. The van der Waals surface area contributed by atoms with Gasteiger partial charge in [0.15, 0.2) is 0 Å². The van der Waals surface area contributed by atoms with E-state index in [2.05, 4.69) is 41.3 Å². The Labute approximate surface area is 171 Å². The average molecular weight is 396 g/mol. The molecule has 0 atom stereocenters. The Morgan fingerprint density at radius 1 is 0.630 bits per heavy atom. The summed E-state index contributed by atoms with van der Waals surface area (Å²) in [4.78, 5) is 2.55. The van der Waals surface area contributed by atoms with E-state index < -0.39 is 0 Å². The summed E-state index contributed by atoms with van der Waals surface area (Å²) in [6, 6.07) is 22.7. The molecule has 4 rings (SSSR count). The van der Waals surface area contributed by atoms with E-state index >= 15 is 0 Å². The number of benzene rings is 3. The molecular formula is C24H23Cl2N.